The Balaban J connectivity index is 1.85. The van der Waals surface area contributed by atoms with E-state index in [0.717, 1.165) is 0 Å². The van der Waals surface area contributed by atoms with Crippen LogP contribution < -0.4 is 11.1 Å². The summed E-state index contributed by atoms with van der Waals surface area (Å²) in [7, 11) is 0. The minimum atomic E-state index is -0.852. The van der Waals surface area contributed by atoms with Gasteiger partial charge in [0.05, 0.1) is 23.5 Å². The van der Waals surface area contributed by atoms with E-state index >= 15 is 0 Å². The number of aliphatic hydroxyl groups is 1. The van der Waals surface area contributed by atoms with Gasteiger partial charge in [-0.2, -0.15) is 0 Å². The van der Waals surface area contributed by atoms with Crippen LogP contribution in [0.25, 0.3) is 5.57 Å². The molecule has 2 aliphatic rings. The summed E-state index contributed by atoms with van der Waals surface area (Å²) in [5.74, 6) is -2.47. The molecule has 0 saturated carbocycles. The SMILES string of the molecule is C[C@@H](O)[C@H]1C(=O)N2C(C(=O)OCOC(=O)C(C)(C)C)=C(c3ccc(NC(=N)N)cc3)C[C@H]12. The standard InChI is InChI=1S/C22H28N4O6/c1-11(27)16-15-9-14(12-5-7-13(8-6-12)25-21(23)24)17(26(15)18(16)28)19(29)31-10-32-20(30)22(2,3)4/h5-8,11,15-16,27H,9-10H2,1-4H3,(H4,23,24,25)/t11-,15-,16-/m1/s1. The summed E-state index contributed by atoms with van der Waals surface area (Å²) in [6, 6.07) is 6.51. The van der Waals surface area contributed by atoms with Crippen molar-refractivity contribution < 1.29 is 29.0 Å². The number of fused-ring (bicyclic) bond motifs is 1. The van der Waals surface area contributed by atoms with Crippen LogP contribution >= 0.6 is 0 Å². The summed E-state index contributed by atoms with van der Waals surface area (Å²) >= 11 is 0. The zero-order valence-electron chi connectivity index (χ0n) is 18.5. The van der Waals surface area contributed by atoms with Gasteiger partial charge in [-0.15, -0.1) is 0 Å². The van der Waals surface area contributed by atoms with Gasteiger partial charge in [-0.25, -0.2) is 4.79 Å². The van der Waals surface area contributed by atoms with E-state index < -0.39 is 36.2 Å². The van der Waals surface area contributed by atoms with Crippen molar-refractivity contribution in [3.05, 3.63) is 35.5 Å². The number of hydrogen-bond donors (Lipinski definition) is 4. The van der Waals surface area contributed by atoms with Crippen molar-refractivity contribution in [2.45, 2.75) is 46.3 Å². The van der Waals surface area contributed by atoms with Crippen LogP contribution in [0.4, 0.5) is 5.69 Å². The number of β-lactam (4-membered cyclic amide) rings is 1. The largest absolute Gasteiger partial charge is 0.427 e. The highest BCUT2D eigenvalue weighted by atomic mass is 16.7. The normalized spacial score (nSPS) is 20.9. The monoisotopic (exact) mass is 444 g/mol. The van der Waals surface area contributed by atoms with Gasteiger partial charge in [0.1, 0.15) is 5.70 Å². The molecule has 0 spiro atoms. The van der Waals surface area contributed by atoms with Crippen molar-refractivity contribution in [1.29, 1.82) is 5.41 Å². The molecule has 10 heteroatoms. The van der Waals surface area contributed by atoms with Crippen molar-refractivity contribution in [2.24, 2.45) is 17.1 Å². The van der Waals surface area contributed by atoms with E-state index in [-0.39, 0.29) is 23.6 Å². The Labute approximate surface area is 185 Å². The molecule has 2 aliphatic heterocycles. The average molecular weight is 444 g/mol. The third-order valence-corrected chi connectivity index (χ3v) is 5.43. The summed E-state index contributed by atoms with van der Waals surface area (Å²) in [6.07, 6.45) is -0.484. The Bertz CT molecular complexity index is 977. The lowest BCUT2D eigenvalue weighted by Gasteiger charge is -2.44. The van der Waals surface area contributed by atoms with E-state index in [2.05, 4.69) is 5.32 Å². The van der Waals surface area contributed by atoms with Gasteiger partial charge in [-0.1, -0.05) is 12.1 Å². The van der Waals surface area contributed by atoms with E-state index in [4.69, 9.17) is 20.6 Å². The van der Waals surface area contributed by atoms with Crippen molar-refractivity contribution in [3.8, 4) is 0 Å². The smallest absolute Gasteiger partial charge is 0.358 e. The van der Waals surface area contributed by atoms with Crippen molar-refractivity contribution in [3.63, 3.8) is 0 Å². The number of benzene rings is 1. The van der Waals surface area contributed by atoms with Crippen LogP contribution in [0.15, 0.2) is 30.0 Å². The maximum atomic E-state index is 12.9. The first kappa shape index (κ1) is 23.3. The van der Waals surface area contributed by atoms with Gasteiger partial charge < -0.3 is 30.5 Å². The van der Waals surface area contributed by atoms with E-state index in [0.29, 0.717) is 23.2 Å². The second kappa shape index (κ2) is 8.62. The molecule has 3 atom stereocenters. The number of amides is 1. The molecule has 1 saturated heterocycles. The third-order valence-electron chi connectivity index (χ3n) is 5.43. The molecular formula is C22H28N4O6. The lowest BCUT2D eigenvalue weighted by atomic mass is 9.82. The summed E-state index contributed by atoms with van der Waals surface area (Å²) in [5, 5.41) is 20.0. The van der Waals surface area contributed by atoms with Crippen molar-refractivity contribution in [1.82, 2.24) is 4.90 Å². The van der Waals surface area contributed by atoms with Crippen LogP contribution in [0.1, 0.15) is 39.7 Å². The molecule has 32 heavy (non-hydrogen) atoms. The Morgan fingerprint density at radius 1 is 1.28 bits per heavy atom. The number of rotatable bonds is 6. The Kier molecular flexibility index (Phi) is 6.27. The number of carbonyl (C=O) groups is 3. The molecule has 1 aromatic rings. The van der Waals surface area contributed by atoms with Gasteiger partial charge in [-0.05, 0) is 57.4 Å². The summed E-state index contributed by atoms with van der Waals surface area (Å²) in [6.45, 7) is 6.01. The zero-order chi connectivity index (χ0) is 23.8. The van der Waals surface area contributed by atoms with Gasteiger partial charge in [0.15, 0.2) is 5.96 Å². The molecule has 5 N–H and O–H groups in total. The van der Waals surface area contributed by atoms with Gasteiger partial charge in [0.2, 0.25) is 12.7 Å². The van der Waals surface area contributed by atoms with E-state index in [1.165, 1.54) is 4.90 Å². The number of nitrogens with one attached hydrogen (secondary N) is 2. The summed E-state index contributed by atoms with van der Waals surface area (Å²) < 4.78 is 10.2. The highest BCUT2D eigenvalue weighted by Crippen LogP contribution is 2.47. The maximum absolute atomic E-state index is 12.9. The number of nitrogens with zero attached hydrogens (tertiary/aromatic N) is 1. The van der Waals surface area contributed by atoms with Gasteiger partial charge in [0, 0.05) is 5.69 Å². The van der Waals surface area contributed by atoms with E-state index in [1.807, 2.05) is 0 Å². The zero-order valence-corrected chi connectivity index (χ0v) is 18.5. The lowest BCUT2D eigenvalue weighted by molar-refractivity contribution is -0.175. The molecule has 1 fully saturated rings. The number of nitrogens with two attached hydrogens (primary N) is 1. The molecular weight excluding hydrogens is 416 g/mol. The molecule has 1 aromatic carbocycles. The fourth-order valence-corrected chi connectivity index (χ4v) is 3.85. The molecule has 1 amide bonds. The quantitative estimate of drug-likeness (QED) is 0.169. The van der Waals surface area contributed by atoms with Gasteiger partial charge in [0.25, 0.3) is 0 Å². The molecule has 0 unspecified atom stereocenters. The highest BCUT2D eigenvalue weighted by molar-refractivity contribution is 6.07. The fourth-order valence-electron chi connectivity index (χ4n) is 3.85. The third kappa shape index (κ3) is 4.45. The van der Waals surface area contributed by atoms with Crippen LogP contribution in [-0.4, -0.2) is 52.8 Å². The van der Waals surface area contributed by atoms with Gasteiger partial charge >= 0.3 is 11.9 Å². The predicted octanol–water partition coefficient (Wildman–Crippen LogP) is 1.40. The first-order valence-electron chi connectivity index (χ1n) is 10.2. The first-order chi connectivity index (χ1) is 14.9. The number of ether oxygens (including phenoxy) is 2. The number of esters is 2. The minimum Gasteiger partial charge on any atom is -0.427 e. The predicted molar refractivity (Wildman–Crippen MR) is 116 cm³/mol. The van der Waals surface area contributed by atoms with Crippen LogP contribution in [0, 0.1) is 16.7 Å². The molecule has 0 bridgehead atoms. The van der Waals surface area contributed by atoms with Crippen molar-refractivity contribution in [2.75, 3.05) is 12.1 Å². The maximum Gasteiger partial charge on any atom is 0.358 e. The Hall–Kier alpha value is -3.40. The van der Waals surface area contributed by atoms with E-state index in [9.17, 15) is 19.5 Å². The first-order valence-corrected chi connectivity index (χ1v) is 10.2. The number of guanidine groups is 1. The number of aliphatic hydroxyl groups excluding tert-OH is 1. The van der Waals surface area contributed by atoms with Crippen LogP contribution in [0.3, 0.4) is 0 Å². The molecule has 172 valence electrons. The molecule has 0 aliphatic carbocycles. The molecule has 0 radical (unpaired) electrons. The minimum absolute atomic E-state index is 0.0796. The summed E-state index contributed by atoms with van der Waals surface area (Å²) in [5.41, 5.74) is 6.55. The second-order valence-corrected chi connectivity index (χ2v) is 8.92. The Morgan fingerprint density at radius 2 is 1.91 bits per heavy atom. The number of hydrogen-bond acceptors (Lipinski definition) is 7. The fraction of sp³-hybridized carbons (Fsp3) is 0.455. The second-order valence-electron chi connectivity index (χ2n) is 8.92. The average Bonchev–Trinajstić information content (AvgIpc) is 3.02. The highest BCUT2D eigenvalue weighted by Gasteiger charge is 2.57. The topological polar surface area (TPSA) is 155 Å². The van der Waals surface area contributed by atoms with Gasteiger partial charge in [-0.3, -0.25) is 15.0 Å². The Morgan fingerprint density at radius 3 is 2.44 bits per heavy atom. The lowest BCUT2D eigenvalue weighted by Crippen LogP contribution is -2.61. The van der Waals surface area contributed by atoms with E-state index in [1.54, 1.807) is 52.0 Å². The van der Waals surface area contributed by atoms with Crippen molar-refractivity contribution >= 4 is 35.1 Å². The van der Waals surface area contributed by atoms with Crippen LogP contribution in [0.5, 0.6) is 0 Å². The number of carbonyl (C=O) groups excluding carboxylic acids is 3. The molecule has 3 rings (SSSR count). The summed E-state index contributed by atoms with van der Waals surface area (Å²) in [4.78, 5) is 38.8. The number of anilines is 1. The molecule has 0 aromatic heterocycles. The van der Waals surface area contributed by atoms with Crippen LogP contribution in [0.2, 0.25) is 0 Å². The van der Waals surface area contributed by atoms with Crippen LogP contribution in [-0.2, 0) is 23.9 Å². The molecule has 2 heterocycles. The molecule has 10 nitrogen and oxygen atoms in total.